The van der Waals surface area contributed by atoms with Gasteiger partial charge in [-0.1, -0.05) is 6.42 Å². The molecule has 2 N–H and O–H groups in total. The molecule has 0 aliphatic rings. The van der Waals surface area contributed by atoms with E-state index in [0.29, 0.717) is 6.54 Å². The van der Waals surface area contributed by atoms with Gasteiger partial charge in [0.15, 0.2) is 0 Å². The number of sulfonamides is 1. The molecule has 0 bridgehead atoms. The second kappa shape index (κ2) is 7.64. The van der Waals surface area contributed by atoms with Gasteiger partial charge in [0.05, 0.1) is 4.75 Å². The Bertz CT molecular complexity index is 730. The summed E-state index contributed by atoms with van der Waals surface area (Å²) in [4.78, 5) is 0. The number of rotatable bonds is 8. The van der Waals surface area contributed by atoms with Crippen LogP contribution in [0, 0.1) is 0 Å². The first-order valence-corrected chi connectivity index (χ1v) is 10.4. The van der Waals surface area contributed by atoms with Crippen LogP contribution in [0.5, 0.6) is 0 Å². The maximum Gasteiger partial charge on any atom is 0.216 e. The van der Waals surface area contributed by atoms with E-state index < -0.39 is 14.8 Å². The minimum absolute atomic E-state index is 0.514. The fourth-order valence-corrected chi connectivity index (χ4v) is 3.78. The smallest absolute Gasteiger partial charge is 0.216 e. The number of benzene rings is 1. The average Bonchev–Trinajstić information content (AvgIpc) is 2.92. The topological polar surface area (TPSA) is 58.2 Å². The van der Waals surface area contributed by atoms with Crippen LogP contribution >= 0.6 is 11.3 Å². The third kappa shape index (κ3) is 5.19. The Balaban J connectivity index is 1.63. The van der Waals surface area contributed by atoms with Crippen molar-refractivity contribution in [2.45, 2.75) is 44.8 Å². The fraction of sp³-hybridized carbons (Fsp3) is 0.529. The van der Waals surface area contributed by atoms with Crippen LogP contribution in [-0.4, -0.2) is 26.3 Å². The molecule has 0 aliphatic carbocycles. The second-order valence-corrected chi connectivity index (χ2v) is 10.1. The maximum atomic E-state index is 11.9. The van der Waals surface area contributed by atoms with E-state index in [-0.39, 0.29) is 0 Å². The molecule has 1 aromatic heterocycles. The quantitative estimate of drug-likeness (QED) is 0.699. The van der Waals surface area contributed by atoms with Crippen LogP contribution in [0.2, 0.25) is 0 Å². The summed E-state index contributed by atoms with van der Waals surface area (Å²) < 4.78 is 27.0. The highest BCUT2D eigenvalue weighted by atomic mass is 32.2. The van der Waals surface area contributed by atoms with Crippen molar-refractivity contribution in [3.63, 3.8) is 0 Å². The number of thiophene rings is 1. The SMILES string of the molecule is CC(C)(C)S(=O)(=O)NCCCCCNc1ccc2sccc2c1. The first-order chi connectivity index (χ1) is 10.8. The Morgan fingerprint density at radius 2 is 1.78 bits per heavy atom. The largest absolute Gasteiger partial charge is 0.385 e. The lowest BCUT2D eigenvalue weighted by Crippen LogP contribution is -2.39. The summed E-state index contributed by atoms with van der Waals surface area (Å²) in [6.45, 7) is 6.55. The van der Waals surface area contributed by atoms with Gasteiger partial charge in [0.25, 0.3) is 0 Å². The van der Waals surface area contributed by atoms with Crippen molar-refractivity contribution in [3.8, 4) is 0 Å². The summed E-state index contributed by atoms with van der Waals surface area (Å²) in [7, 11) is -3.21. The van der Waals surface area contributed by atoms with Crippen molar-refractivity contribution in [2.24, 2.45) is 0 Å². The summed E-state index contributed by atoms with van der Waals surface area (Å²) in [6.07, 6.45) is 2.89. The highest BCUT2D eigenvalue weighted by Crippen LogP contribution is 2.23. The number of fused-ring (bicyclic) bond motifs is 1. The number of hydrogen-bond acceptors (Lipinski definition) is 4. The molecule has 1 heterocycles. The lowest BCUT2D eigenvalue weighted by molar-refractivity contribution is 0.540. The molecule has 6 heteroatoms. The van der Waals surface area contributed by atoms with Crippen molar-refractivity contribution in [1.29, 1.82) is 0 Å². The number of hydrogen-bond donors (Lipinski definition) is 2. The minimum atomic E-state index is -3.21. The van der Waals surface area contributed by atoms with Gasteiger partial charge in [-0.2, -0.15) is 0 Å². The van der Waals surface area contributed by atoms with Crippen LogP contribution in [0.3, 0.4) is 0 Å². The van der Waals surface area contributed by atoms with Crippen LogP contribution in [0.15, 0.2) is 29.6 Å². The zero-order valence-corrected chi connectivity index (χ0v) is 15.7. The van der Waals surface area contributed by atoms with Gasteiger partial charge in [0.2, 0.25) is 10.0 Å². The molecule has 4 nitrogen and oxygen atoms in total. The van der Waals surface area contributed by atoms with E-state index in [9.17, 15) is 8.42 Å². The Morgan fingerprint density at radius 3 is 2.52 bits per heavy atom. The van der Waals surface area contributed by atoms with Gasteiger partial charge in [-0.3, -0.25) is 0 Å². The number of anilines is 1. The number of nitrogens with one attached hydrogen (secondary N) is 2. The molecule has 0 spiro atoms. The van der Waals surface area contributed by atoms with Gasteiger partial charge < -0.3 is 5.32 Å². The van der Waals surface area contributed by atoms with Gasteiger partial charge in [-0.05, 0) is 68.6 Å². The molecule has 0 saturated heterocycles. The monoisotopic (exact) mass is 354 g/mol. The lowest BCUT2D eigenvalue weighted by Gasteiger charge is -2.19. The highest BCUT2D eigenvalue weighted by molar-refractivity contribution is 7.90. The molecule has 0 atom stereocenters. The molecule has 128 valence electrons. The summed E-state index contributed by atoms with van der Waals surface area (Å²) >= 11 is 1.75. The first-order valence-electron chi connectivity index (χ1n) is 8.00. The van der Waals surface area contributed by atoms with Crippen molar-refractivity contribution < 1.29 is 8.42 Å². The predicted octanol–water partition coefficient (Wildman–Crippen LogP) is 4.20. The molecule has 0 aliphatic heterocycles. The first kappa shape index (κ1) is 18.2. The normalized spacial score (nSPS) is 12.7. The molecule has 2 rings (SSSR count). The third-order valence-corrected chi connectivity index (χ3v) is 6.83. The second-order valence-electron chi connectivity index (χ2n) is 6.67. The highest BCUT2D eigenvalue weighted by Gasteiger charge is 2.27. The zero-order chi connectivity index (χ0) is 16.9. The molecular weight excluding hydrogens is 328 g/mol. The van der Waals surface area contributed by atoms with E-state index in [1.807, 2.05) is 0 Å². The summed E-state index contributed by atoms with van der Waals surface area (Å²) in [5.41, 5.74) is 1.14. The predicted molar refractivity (Wildman–Crippen MR) is 101 cm³/mol. The molecule has 0 fully saturated rings. The summed E-state index contributed by atoms with van der Waals surface area (Å²) in [5, 5.41) is 6.80. The van der Waals surface area contributed by atoms with E-state index in [4.69, 9.17) is 0 Å². The van der Waals surface area contributed by atoms with E-state index in [1.54, 1.807) is 32.1 Å². The molecule has 0 radical (unpaired) electrons. The van der Waals surface area contributed by atoms with Gasteiger partial charge in [0, 0.05) is 23.5 Å². The van der Waals surface area contributed by atoms with Crippen molar-refractivity contribution in [3.05, 3.63) is 29.6 Å². The van der Waals surface area contributed by atoms with Crippen molar-refractivity contribution in [1.82, 2.24) is 4.72 Å². The van der Waals surface area contributed by atoms with Crippen molar-refractivity contribution in [2.75, 3.05) is 18.4 Å². The molecular formula is C17H26N2O2S2. The van der Waals surface area contributed by atoms with Crippen LogP contribution in [0.4, 0.5) is 5.69 Å². The van der Waals surface area contributed by atoms with Crippen LogP contribution < -0.4 is 10.0 Å². The van der Waals surface area contributed by atoms with Gasteiger partial charge >= 0.3 is 0 Å². The van der Waals surface area contributed by atoms with Crippen LogP contribution in [-0.2, 0) is 10.0 Å². The standard InChI is InChI=1S/C17H26N2O2S2/c1-17(2,3)23(20,21)19-11-6-4-5-10-18-15-7-8-16-14(13-15)9-12-22-16/h7-9,12-13,18-19H,4-6,10-11H2,1-3H3. The van der Waals surface area contributed by atoms with Crippen molar-refractivity contribution >= 4 is 37.1 Å². The van der Waals surface area contributed by atoms with Gasteiger partial charge in [-0.25, -0.2) is 13.1 Å². The molecule has 2 aromatic rings. The minimum Gasteiger partial charge on any atom is -0.385 e. The molecule has 1 aromatic carbocycles. The Hall–Kier alpha value is -1.11. The molecule has 0 unspecified atom stereocenters. The Labute approximate surface area is 143 Å². The Kier molecular flexibility index (Phi) is 6.06. The maximum absolute atomic E-state index is 11.9. The van der Waals surface area contributed by atoms with E-state index in [1.165, 1.54) is 10.1 Å². The zero-order valence-electron chi connectivity index (χ0n) is 14.1. The van der Waals surface area contributed by atoms with Gasteiger partial charge in [0.1, 0.15) is 0 Å². The number of unbranched alkanes of at least 4 members (excludes halogenated alkanes) is 2. The van der Waals surface area contributed by atoms with Crippen LogP contribution in [0.25, 0.3) is 10.1 Å². The molecule has 0 amide bonds. The summed E-state index contributed by atoms with van der Waals surface area (Å²) in [5.74, 6) is 0. The van der Waals surface area contributed by atoms with Gasteiger partial charge in [-0.15, -0.1) is 11.3 Å². The Morgan fingerprint density at radius 1 is 1.04 bits per heavy atom. The van der Waals surface area contributed by atoms with E-state index >= 15 is 0 Å². The third-order valence-electron chi connectivity index (χ3n) is 3.73. The lowest BCUT2D eigenvalue weighted by atomic mass is 10.2. The molecule has 0 saturated carbocycles. The molecule has 23 heavy (non-hydrogen) atoms. The summed E-state index contributed by atoms with van der Waals surface area (Å²) in [6, 6.07) is 8.55. The fourth-order valence-electron chi connectivity index (χ4n) is 2.16. The van der Waals surface area contributed by atoms with E-state index in [2.05, 4.69) is 39.7 Å². The van der Waals surface area contributed by atoms with E-state index in [0.717, 1.165) is 31.5 Å². The average molecular weight is 355 g/mol. The van der Waals surface area contributed by atoms with Crippen LogP contribution in [0.1, 0.15) is 40.0 Å².